The molecule has 0 atom stereocenters. The molecule has 6 heteroatoms. The summed E-state index contributed by atoms with van der Waals surface area (Å²) in [6, 6.07) is 1.01. The number of urea groups is 1. The first-order valence-corrected chi connectivity index (χ1v) is 9.73. The molecule has 2 aliphatic heterocycles. The van der Waals surface area contributed by atoms with Gasteiger partial charge in [-0.15, -0.1) is 0 Å². The highest BCUT2D eigenvalue weighted by Crippen LogP contribution is 2.20. The SMILES string of the molecule is CCCCN(CCO)C(=O)NC1CCN(C2CCN(C)CC2)CC1. The van der Waals surface area contributed by atoms with E-state index in [4.69, 9.17) is 5.11 Å². The monoisotopic (exact) mass is 340 g/mol. The van der Waals surface area contributed by atoms with Crippen molar-refractivity contribution in [3.05, 3.63) is 0 Å². The Kier molecular flexibility index (Phi) is 8.29. The van der Waals surface area contributed by atoms with Gasteiger partial charge in [-0.3, -0.25) is 0 Å². The van der Waals surface area contributed by atoms with Crippen LogP contribution in [0.4, 0.5) is 4.79 Å². The first-order chi connectivity index (χ1) is 11.6. The summed E-state index contributed by atoms with van der Waals surface area (Å²) in [5, 5.41) is 12.3. The fraction of sp³-hybridized carbons (Fsp3) is 0.944. The predicted octanol–water partition coefficient (Wildman–Crippen LogP) is 1.35. The first-order valence-electron chi connectivity index (χ1n) is 9.73. The maximum atomic E-state index is 12.4. The minimum atomic E-state index is -0.00441. The number of carbonyl (C=O) groups excluding carboxylic acids is 1. The molecule has 2 amide bonds. The highest BCUT2D eigenvalue weighted by molar-refractivity contribution is 5.74. The summed E-state index contributed by atoms with van der Waals surface area (Å²) in [6.07, 6.45) is 6.67. The molecule has 6 nitrogen and oxygen atoms in total. The van der Waals surface area contributed by atoms with Crippen molar-refractivity contribution in [1.29, 1.82) is 0 Å². The molecule has 2 heterocycles. The third kappa shape index (κ3) is 5.90. The topological polar surface area (TPSA) is 59.1 Å². The van der Waals surface area contributed by atoms with Crippen LogP contribution in [-0.2, 0) is 0 Å². The van der Waals surface area contributed by atoms with Gasteiger partial charge in [0.05, 0.1) is 6.61 Å². The van der Waals surface area contributed by atoms with Crippen molar-refractivity contribution >= 4 is 6.03 Å². The van der Waals surface area contributed by atoms with E-state index < -0.39 is 0 Å². The van der Waals surface area contributed by atoms with Crippen molar-refractivity contribution < 1.29 is 9.90 Å². The molecule has 0 spiro atoms. The number of nitrogens with zero attached hydrogens (tertiary/aromatic N) is 3. The molecular weight excluding hydrogens is 304 g/mol. The zero-order valence-electron chi connectivity index (χ0n) is 15.5. The van der Waals surface area contributed by atoms with E-state index in [9.17, 15) is 4.79 Å². The van der Waals surface area contributed by atoms with Gasteiger partial charge in [-0.05, 0) is 52.2 Å². The quantitative estimate of drug-likeness (QED) is 0.734. The Morgan fingerprint density at radius 1 is 1.12 bits per heavy atom. The maximum Gasteiger partial charge on any atom is 0.317 e. The number of aliphatic hydroxyl groups excluding tert-OH is 1. The Morgan fingerprint density at radius 3 is 2.38 bits per heavy atom. The molecule has 0 aromatic rings. The van der Waals surface area contributed by atoms with Gasteiger partial charge in [0.25, 0.3) is 0 Å². The number of amides is 2. The number of aliphatic hydroxyl groups is 1. The molecule has 0 aliphatic carbocycles. The van der Waals surface area contributed by atoms with Crippen LogP contribution in [0.15, 0.2) is 0 Å². The van der Waals surface area contributed by atoms with Gasteiger partial charge >= 0.3 is 6.03 Å². The van der Waals surface area contributed by atoms with Crippen LogP contribution in [0.5, 0.6) is 0 Å². The van der Waals surface area contributed by atoms with E-state index >= 15 is 0 Å². The fourth-order valence-corrected chi connectivity index (χ4v) is 3.82. The van der Waals surface area contributed by atoms with Crippen molar-refractivity contribution in [1.82, 2.24) is 20.0 Å². The summed E-state index contributed by atoms with van der Waals surface area (Å²) in [6.45, 7) is 7.91. The molecule has 0 aromatic carbocycles. The van der Waals surface area contributed by atoms with Crippen LogP contribution < -0.4 is 5.32 Å². The molecule has 140 valence electrons. The van der Waals surface area contributed by atoms with Crippen LogP contribution in [0, 0.1) is 0 Å². The third-order valence-corrected chi connectivity index (χ3v) is 5.50. The minimum Gasteiger partial charge on any atom is -0.395 e. The summed E-state index contributed by atoms with van der Waals surface area (Å²) >= 11 is 0. The molecule has 0 aromatic heterocycles. The van der Waals surface area contributed by atoms with Gasteiger partial charge in [-0.25, -0.2) is 4.79 Å². The zero-order valence-corrected chi connectivity index (χ0v) is 15.5. The number of rotatable bonds is 7. The average molecular weight is 341 g/mol. The largest absolute Gasteiger partial charge is 0.395 e. The standard InChI is InChI=1S/C18H36N4O2/c1-3-4-9-22(14-15-23)18(24)19-16-5-12-21(13-6-16)17-7-10-20(2)11-8-17/h16-17,23H,3-15H2,1-2H3,(H,19,24). The summed E-state index contributed by atoms with van der Waals surface area (Å²) < 4.78 is 0. The summed E-state index contributed by atoms with van der Waals surface area (Å²) in [4.78, 5) is 19.2. The van der Waals surface area contributed by atoms with Crippen molar-refractivity contribution in [2.45, 2.75) is 57.5 Å². The zero-order chi connectivity index (χ0) is 17.4. The van der Waals surface area contributed by atoms with Crippen molar-refractivity contribution in [3.63, 3.8) is 0 Å². The van der Waals surface area contributed by atoms with Gasteiger partial charge in [0.15, 0.2) is 0 Å². The van der Waals surface area contributed by atoms with Crippen molar-refractivity contribution in [3.8, 4) is 0 Å². The van der Waals surface area contributed by atoms with Gasteiger partial charge in [0, 0.05) is 38.3 Å². The van der Waals surface area contributed by atoms with E-state index in [0.717, 1.165) is 51.4 Å². The van der Waals surface area contributed by atoms with E-state index in [-0.39, 0.29) is 18.7 Å². The highest BCUT2D eigenvalue weighted by Gasteiger charge is 2.28. The molecule has 0 saturated carbocycles. The summed E-state index contributed by atoms with van der Waals surface area (Å²) in [5.74, 6) is 0. The molecular formula is C18H36N4O2. The van der Waals surface area contributed by atoms with Crippen LogP contribution in [0.3, 0.4) is 0 Å². The first kappa shape index (κ1) is 19.5. The second kappa shape index (κ2) is 10.2. The molecule has 2 rings (SSSR count). The van der Waals surface area contributed by atoms with E-state index in [1.54, 1.807) is 4.90 Å². The Bertz CT molecular complexity index is 364. The number of likely N-dealkylation sites (tertiary alicyclic amines) is 2. The Morgan fingerprint density at radius 2 is 1.79 bits per heavy atom. The van der Waals surface area contributed by atoms with E-state index in [2.05, 4.69) is 29.1 Å². The molecule has 2 N–H and O–H groups in total. The maximum absolute atomic E-state index is 12.4. The lowest BCUT2D eigenvalue weighted by Crippen LogP contribution is -2.52. The Labute approximate surface area is 147 Å². The van der Waals surface area contributed by atoms with Gasteiger partial charge < -0.3 is 25.1 Å². The fourth-order valence-electron chi connectivity index (χ4n) is 3.82. The molecule has 2 fully saturated rings. The lowest BCUT2D eigenvalue weighted by Gasteiger charge is -2.41. The summed E-state index contributed by atoms with van der Waals surface area (Å²) in [7, 11) is 2.20. The molecule has 0 bridgehead atoms. The second-order valence-electron chi connectivity index (χ2n) is 7.36. The van der Waals surface area contributed by atoms with E-state index in [1.165, 1.54) is 25.9 Å². The van der Waals surface area contributed by atoms with E-state index in [0.29, 0.717) is 6.54 Å². The number of unbranched alkanes of at least 4 members (excludes halogenated alkanes) is 1. The van der Waals surface area contributed by atoms with Crippen molar-refractivity contribution in [2.75, 3.05) is 52.9 Å². The lowest BCUT2D eigenvalue weighted by atomic mass is 9.98. The lowest BCUT2D eigenvalue weighted by molar-refractivity contribution is 0.0915. The number of carbonyl (C=O) groups is 1. The predicted molar refractivity (Wildman–Crippen MR) is 97.2 cm³/mol. The number of nitrogens with one attached hydrogen (secondary N) is 1. The molecule has 2 aliphatic rings. The van der Waals surface area contributed by atoms with Crippen molar-refractivity contribution in [2.24, 2.45) is 0 Å². The van der Waals surface area contributed by atoms with Gasteiger partial charge in [0.1, 0.15) is 0 Å². The van der Waals surface area contributed by atoms with Gasteiger partial charge in [0.2, 0.25) is 0 Å². The molecule has 24 heavy (non-hydrogen) atoms. The third-order valence-electron chi connectivity index (χ3n) is 5.50. The van der Waals surface area contributed by atoms with Crippen LogP contribution in [-0.4, -0.2) is 90.8 Å². The minimum absolute atomic E-state index is 0.00441. The highest BCUT2D eigenvalue weighted by atomic mass is 16.3. The van der Waals surface area contributed by atoms with Crippen LogP contribution in [0.1, 0.15) is 45.4 Å². The van der Waals surface area contributed by atoms with Crippen LogP contribution in [0.2, 0.25) is 0 Å². The van der Waals surface area contributed by atoms with Gasteiger partial charge in [-0.2, -0.15) is 0 Å². The Hall–Kier alpha value is -0.850. The average Bonchev–Trinajstić information content (AvgIpc) is 2.60. The normalized spacial score (nSPS) is 21.8. The molecule has 0 radical (unpaired) electrons. The smallest absolute Gasteiger partial charge is 0.317 e. The summed E-state index contributed by atoms with van der Waals surface area (Å²) in [5.41, 5.74) is 0. The van der Waals surface area contributed by atoms with Crippen LogP contribution in [0.25, 0.3) is 0 Å². The molecule has 2 saturated heterocycles. The number of hydrogen-bond acceptors (Lipinski definition) is 4. The number of hydrogen-bond donors (Lipinski definition) is 2. The van der Waals surface area contributed by atoms with Gasteiger partial charge in [-0.1, -0.05) is 13.3 Å². The van der Waals surface area contributed by atoms with Crippen LogP contribution >= 0.6 is 0 Å². The second-order valence-corrected chi connectivity index (χ2v) is 7.36. The Balaban J connectivity index is 1.72. The molecule has 0 unspecified atom stereocenters. The number of piperidine rings is 2. The van der Waals surface area contributed by atoms with E-state index in [1.807, 2.05) is 0 Å².